The molecule has 0 atom stereocenters. The lowest BCUT2D eigenvalue weighted by atomic mass is 10.1. The van der Waals surface area contributed by atoms with Crippen LogP contribution in [-0.2, 0) is 9.59 Å². The Bertz CT molecular complexity index is 665. The predicted octanol–water partition coefficient (Wildman–Crippen LogP) is 1.61. The maximum Gasteiger partial charge on any atom is 0.234 e. The third kappa shape index (κ3) is 7.78. The largest absolute Gasteiger partial charge is 0.355 e. The Hall–Kier alpha value is -2.25. The van der Waals surface area contributed by atoms with Gasteiger partial charge in [0.1, 0.15) is 0 Å². The average Bonchev–Trinajstić information content (AvgIpc) is 2.66. The number of nitrogens with zero attached hydrogens (tertiary/aromatic N) is 2. The lowest BCUT2D eigenvalue weighted by molar-refractivity contribution is -0.122. The van der Waals surface area contributed by atoms with Crippen LogP contribution in [0.2, 0.25) is 0 Å². The first-order chi connectivity index (χ1) is 13.3. The molecule has 1 fully saturated rings. The van der Waals surface area contributed by atoms with Gasteiger partial charge < -0.3 is 15.5 Å². The van der Waals surface area contributed by atoms with E-state index in [1.807, 2.05) is 0 Å². The van der Waals surface area contributed by atoms with E-state index >= 15 is 0 Å². The zero-order valence-corrected chi connectivity index (χ0v) is 17.2. The van der Waals surface area contributed by atoms with E-state index < -0.39 is 0 Å². The molecule has 1 aliphatic heterocycles. The number of amides is 2. The minimum absolute atomic E-state index is 0.00872. The first-order valence-corrected chi connectivity index (χ1v) is 9.95. The molecule has 154 valence electrons. The SMILES string of the molecule is CC(=O)c1ccc(NC(=O)CCN2CCN(CC(=O)NCC(C)C)CC2)cc1. The van der Waals surface area contributed by atoms with Crippen LogP contribution in [0, 0.1) is 5.92 Å². The lowest BCUT2D eigenvalue weighted by Crippen LogP contribution is -2.50. The molecule has 2 amide bonds. The van der Waals surface area contributed by atoms with E-state index in [0.717, 1.165) is 26.2 Å². The van der Waals surface area contributed by atoms with Crippen molar-refractivity contribution < 1.29 is 14.4 Å². The number of Topliss-reactive ketones (excluding diaryl/α,β-unsaturated/α-hetero) is 1. The van der Waals surface area contributed by atoms with Gasteiger partial charge in [0.25, 0.3) is 0 Å². The molecule has 0 bridgehead atoms. The van der Waals surface area contributed by atoms with Gasteiger partial charge in [-0.3, -0.25) is 19.3 Å². The minimum Gasteiger partial charge on any atom is -0.355 e. The number of hydrogen-bond acceptors (Lipinski definition) is 5. The van der Waals surface area contributed by atoms with Crippen LogP contribution < -0.4 is 10.6 Å². The van der Waals surface area contributed by atoms with Crippen molar-refractivity contribution in [3.8, 4) is 0 Å². The molecule has 0 spiro atoms. The van der Waals surface area contributed by atoms with Gasteiger partial charge in [0.2, 0.25) is 11.8 Å². The molecule has 1 heterocycles. The molecule has 1 aromatic carbocycles. The molecule has 2 rings (SSSR count). The molecule has 2 N–H and O–H groups in total. The van der Waals surface area contributed by atoms with Crippen molar-refractivity contribution in [3.05, 3.63) is 29.8 Å². The van der Waals surface area contributed by atoms with Crippen molar-refractivity contribution >= 4 is 23.3 Å². The topological polar surface area (TPSA) is 81.8 Å². The summed E-state index contributed by atoms with van der Waals surface area (Å²) in [5, 5.41) is 5.81. The van der Waals surface area contributed by atoms with Gasteiger partial charge >= 0.3 is 0 Å². The Balaban J connectivity index is 1.64. The summed E-state index contributed by atoms with van der Waals surface area (Å²) in [6, 6.07) is 6.93. The third-order valence-corrected chi connectivity index (χ3v) is 4.77. The molecule has 1 aliphatic rings. The molecular weight excluding hydrogens is 356 g/mol. The second-order valence-electron chi connectivity index (χ2n) is 7.75. The highest BCUT2D eigenvalue weighted by Crippen LogP contribution is 2.11. The second kappa shape index (κ2) is 10.9. The summed E-state index contributed by atoms with van der Waals surface area (Å²) in [7, 11) is 0. The highest BCUT2D eigenvalue weighted by molar-refractivity contribution is 5.95. The Kier molecular flexibility index (Phi) is 8.60. The molecule has 0 unspecified atom stereocenters. The predicted molar refractivity (Wildman–Crippen MR) is 110 cm³/mol. The van der Waals surface area contributed by atoms with Gasteiger partial charge in [-0.1, -0.05) is 13.8 Å². The van der Waals surface area contributed by atoms with E-state index in [0.29, 0.717) is 43.2 Å². The van der Waals surface area contributed by atoms with Gasteiger partial charge in [0, 0.05) is 56.9 Å². The summed E-state index contributed by atoms with van der Waals surface area (Å²) < 4.78 is 0. The van der Waals surface area contributed by atoms with Crippen LogP contribution in [0.4, 0.5) is 5.69 Å². The van der Waals surface area contributed by atoms with Gasteiger partial charge in [-0.05, 0) is 37.1 Å². The highest BCUT2D eigenvalue weighted by Gasteiger charge is 2.19. The van der Waals surface area contributed by atoms with Gasteiger partial charge in [-0.15, -0.1) is 0 Å². The first-order valence-electron chi connectivity index (χ1n) is 9.95. The number of carbonyl (C=O) groups excluding carboxylic acids is 3. The van der Waals surface area contributed by atoms with E-state index in [2.05, 4.69) is 34.3 Å². The second-order valence-corrected chi connectivity index (χ2v) is 7.75. The molecule has 0 aliphatic carbocycles. The van der Waals surface area contributed by atoms with Crippen molar-refractivity contribution in [1.82, 2.24) is 15.1 Å². The molecule has 0 aromatic heterocycles. The maximum absolute atomic E-state index is 12.1. The van der Waals surface area contributed by atoms with Crippen molar-refractivity contribution in [3.63, 3.8) is 0 Å². The van der Waals surface area contributed by atoms with Gasteiger partial charge in [-0.25, -0.2) is 0 Å². The third-order valence-electron chi connectivity index (χ3n) is 4.77. The number of anilines is 1. The van der Waals surface area contributed by atoms with E-state index in [1.54, 1.807) is 24.3 Å². The Morgan fingerprint density at radius 3 is 2.14 bits per heavy atom. The molecule has 28 heavy (non-hydrogen) atoms. The van der Waals surface area contributed by atoms with Crippen LogP contribution in [0.25, 0.3) is 0 Å². The molecule has 7 nitrogen and oxygen atoms in total. The van der Waals surface area contributed by atoms with E-state index in [1.165, 1.54) is 6.92 Å². The van der Waals surface area contributed by atoms with Gasteiger partial charge in [-0.2, -0.15) is 0 Å². The highest BCUT2D eigenvalue weighted by atomic mass is 16.2. The summed E-state index contributed by atoms with van der Waals surface area (Å²) in [6.45, 7) is 10.9. The van der Waals surface area contributed by atoms with Crippen LogP contribution in [0.3, 0.4) is 0 Å². The van der Waals surface area contributed by atoms with Crippen molar-refractivity contribution in [2.45, 2.75) is 27.2 Å². The molecule has 1 saturated heterocycles. The van der Waals surface area contributed by atoms with Crippen LogP contribution in [-0.4, -0.2) is 73.2 Å². The number of carbonyl (C=O) groups is 3. The normalized spacial score (nSPS) is 15.4. The summed E-state index contributed by atoms with van der Waals surface area (Å²) in [5.41, 5.74) is 1.33. The van der Waals surface area contributed by atoms with E-state index in [-0.39, 0.29) is 17.6 Å². The van der Waals surface area contributed by atoms with Crippen molar-refractivity contribution in [2.75, 3.05) is 51.1 Å². The Morgan fingerprint density at radius 2 is 1.57 bits per heavy atom. The number of ketones is 1. The number of hydrogen-bond donors (Lipinski definition) is 2. The first kappa shape index (κ1) is 22.0. The number of rotatable bonds is 9. The molecule has 0 saturated carbocycles. The monoisotopic (exact) mass is 388 g/mol. The average molecular weight is 389 g/mol. The summed E-state index contributed by atoms with van der Waals surface area (Å²) >= 11 is 0. The standard InChI is InChI=1S/C21H32N4O3/c1-16(2)14-22-21(28)15-25-12-10-24(11-13-25)9-8-20(27)23-19-6-4-18(5-7-19)17(3)26/h4-7,16H,8-15H2,1-3H3,(H,22,28)(H,23,27). The number of benzene rings is 1. The zero-order valence-electron chi connectivity index (χ0n) is 17.2. The number of nitrogens with one attached hydrogen (secondary N) is 2. The molecule has 7 heteroatoms. The van der Waals surface area contributed by atoms with Crippen molar-refractivity contribution in [2.24, 2.45) is 5.92 Å². The van der Waals surface area contributed by atoms with Gasteiger partial charge in [0.05, 0.1) is 6.54 Å². The molecular formula is C21H32N4O3. The minimum atomic E-state index is -0.0360. The van der Waals surface area contributed by atoms with E-state index in [9.17, 15) is 14.4 Å². The maximum atomic E-state index is 12.1. The van der Waals surface area contributed by atoms with Crippen LogP contribution in [0.5, 0.6) is 0 Å². The Morgan fingerprint density at radius 1 is 0.964 bits per heavy atom. The molecule has 1 aromatic rings. The number of piperazine rings is 1. The van der Waals surface area contributed by atoms with Crippen LogP contribution in [0.1, 0.15) is 37.6 Å². The fraction of sp³-hybridized carbons (Fsp3) is 0.571. The zero-order chi connectivity index (χ0) is 20.5. The van der Waals surface area contributed by atoms with Crippen molar-refractivity contribution in [1.29, 1.82) is 0 Å². The van der Waals surface area contributed by atoms with Gasteiger partial charge in [0.15, 0.2) is 5.78 Å². The summed E-state index contributed by atoms with van der Waals surface area (Å²) in [5.74, 6) is 0.511. The smallest absolute Gasteiger partial charge is 0.234 e. The molecule has 0 radical (unpaired) electrons. The van der Waals surface area contributed by atoms with Crippen LogP contribution >= 0.6 is 0 Å². The summed E-state index contributed by atoms with van der Waals surface area (Å²) in [6.07, 6.45) is 0.420. The quantitative estimate of drug-likeness (QED) is 0.628. The fourth-order valence-corrected chi connectivity index (χ4v) is 3.02. The van der Waals surface area contributed by atoms with E-state index in [4.69, 9.17) is 0 Å². The lowest BCUT2D eigenvalue weighted by Gasteiger charge is -2.34. The van der Waals surface area contributed by atoms with Crippen LogP contribution in [0.15, 0.2) is 24.3 Å². The summed E-state index contributed by atoms with van der Waals surface area (Å²) in [4.78, 5) is 39.7. The fourth-order valence-electron chi connectivity index (χ4n) is 3.02. The Labute approximate surface area is 167 Å².